The van der Waals surface area contributed by atoms with Crippen molar-refractivity contribution in [3.63, 3.8) is 0 Å². The Hall–Kier alpha value is -1.30. The van der Waals surface area contributed by atoms with E-state index in [9.17, 15) is 0 Å². The van der Waals surface area contributed by atoms with Crippen molar-refractivity contribution in [2.75, 3.05) is 0 Å². The summed E-state index contributed by atoms with van der Waals surface area (Å²) in [6.07, 6.45) is 18.7. The van der Waals surface area contributed by atoms with E-state index in [1.165, 1.54) is 18.4 Å². The van der Waals surface area contributed by atoms with E-state index in [0.29, 0.717) is 11.3 Å². The van der Waals surface area contributed by atoms with Crippen molar-refractivity contribution in [1.29, 1.82) is 0 Å². The van der Waals surface area contributed by atoms with Crippen LogP contribution in [-0.2, 0) is 0 Å². The standard InChI is InChI=1S/C19H24/c1-4-12-19(3)13-11-14(2)16-9-10-17(18(16)19)15-7-5-6-8-15/h4-5,7-10,14,17H,1,6,11-13H2,2-3H3. The normalized spacial score (nSPS) is 36.6. The van der Waals surface area contributed by atoms with Crippen LogP contribution < -0.4 is 0 Å². The Balaban J connectivity index is 2.04. The maximum absolute atomic E-state index is 3.98. The quantitative estimate of drug-likeness (QED) is 0.592. The molecule has 3 aliphatic rings. The first-order valence-corrected chi connectivity index (χ1v) is 7.56. The molecular weight excluding hydrogens is 228 g/mol. The first-order valence-electron chi connectivity index (χ1n) is 7.56. The lowest BCUT2D eigenvalue weighted by atomic mass is 9.64. The van der Waals surface area contributed by atoms with E-state index in [1.807, 2.05) is 0 Å². The van der Waals surface area contributed by atoms with Gasteiger partial charge in [-0.2, -0.15) is 0 Å². The molecule has 0 saturated carbocycles. The lowest BCUT2D eigenvalue weighted by Gasteiger charge is -2.41. The zero-order valence-electron chi connectivity index (χ0n) is 12.2. The molecule has 3 aliphatic carbocycles. The second-order valence-electron chi connectivity index (χ2n) is 6.54. The van der Waals surface area contributed by atoms with Gasteiger partial charge in [0.25, 0.3) is 0 Å². The Morgan fingerprint density at radius 3 is 2.95 bits per heavy atom. The zero-order chi connectivity index (χ0) is 13.5. The first-order chi connectivity index (χ1) is 9.15. The van der Waals surface area contributed by atoms with Gasteiger partial charge in [-0.3, -0.25) is 0 Å². The van der Waals surface area contributed by atoms with Crippen LogP contribution in [0.4, 0.5) is 0 Å². The van der Waals surface area contributed by atoms with Crippen LogP contribution in [0, 0.1) is 17.3 Å². The summed E-state index contributed by atoms with van der Waals surface area (Å²) in [5, 5.41) is 0. The lowest BCUT2D eigenvalue weighted by Crippen LogP contribution is -2.29. The monoisotopic (exact) mass is 252 g/mol. The summed E-state index contributed by atoms with van der Waals surface area (Å²) >= 11 is 0. The molecule has 0 amide bonds. The third kappa shape index (κ3) is 1.98. The Labute approximate surface area is 117 Å². The molecule has 3 unspecified atom stereocenters. The summed E-state index contributed by atoms with van der Waals surface area (Å²) in [4.78, 5) is 0. The highest BCUT2D eigenvalue weighted by Crippen LogP contribution is 2.53. The molecule has 0 saturated heterocycles. The van der Waals surface area contributed by atoms with E-state index >= 15 is 0 Å². The highest BCUT2D eigenvalue weighted by molar-refractivity contribution is 5.51. The second-order valence-corrected chi connectivity index (χ2v) is 6.54. The fourth-order valence-corrected chi connectivity index (χ4v) is 4.06. The second kappa shape index (κ2) is 4.67. The topological polar surface area (TPSA) is 0 Å². The molecule has 0 radical (unpaired) electrons. The molecule has 0 spiro atoms. The molecular formula is C19H24. The molecule has 0 aromatic heterocycles. The number of hydrogen-bond donors (Lipinski definition) is 0. The van der Waals surface area contributed by atoms with Gasteiger partial charge in [0.05, 0.1) is 0 Å². The minimum Gasteiger partial charge on any atom is -0.103 e. The van der Waals surface area contributed by atoms with Gasteiger partial charge in [-0.05, 0) is 53.7 Å². The van der Waals surface area contributed by atoms with Crippen molar-refractivity contribution in [2.45, 2.75) is 39.5 Å². The van der Waals surface area contributed by atoms with Crippen LogP contribution in [0.25, 0.3) is 0 Å². The van der Waals surface area contributed by atoms with Gasteiger partial charge < -0.3 is 0 Å². The summed E-state index contributed by atoms with van der Waals surface area (Å²) in [7, 11) is 0. The molecule has 100 valence electrons. The van der Waals surface area contributed by atoms with E-state index in [0.717, 1.165) is 18.8 Å². The average molecular weight is 252 g/mol. The first kappa shape index (κ1) is 12.7. The molecule has 0 heterocycles. The fraction of sp³-hybridized carbons (Fsp3) is 0.474. The van der Waals surface area contributed by atoms with Gasteiger partial charge in [-0.15, -0.1) is 6.58 Å². The third-order valence-corrected chi connectivity index (χ3v) is 5.15. The van der Waals surface area contributed by atoms with E-state index in [2.05, 4.69) is 56.9 Å². The van der Waals surface area contributed by atoms with Crippen molar-refractivity contribution in [3.05, 3.63) is 59.8 Å². The predicted octanol–water partition coefficient (Wildman–Crippen LogP) is 5.37. The molecule has 0 bridgehead atoms. The number of hydrogen-bond acceptors (Lipinski definition) is 0. The average Bonchev–Trinajstić information content (AvgIpc) is 3.03. The highest BCUT2D eigenvalue weighted by Gasteiger charge is 2.41. The molecule has 0 aromatic rings. The Kier molecular flexibility index (Phi) is 3.12. The van der Waals surface area contributed by atoms with E-state index < -0.39 is 0 Å². The summed E-state index contributed by atoms with van der Waals surface area (Å²) in [6, 6.07) is 0. The Morgan fingerprint density at radius 1 is 1.42 bits per heavy atom. The van der Waals surface area contributed by atoms with Crippen LogP contribution >= 0.6 is 0 Å². The SMILES string of the molecule is C=CCC1(C)CCC(C)C2=C1C(C1=CCC=C1)C=C2. The summed E-state index contributed by atoms with van der Waals surface area (Å²) < 4.78 is 0. The number of allylic oxidation sites excluding steroid dienone is 9. The largest absolute Gasteiger partial charge is 0.103 e. The van der Waals surface area contributed by atoms with E-state index in [1.54, 1.807) is 11.1 Å². The van der Waals surface area contributed by atoms with Gasteiger partial charge >= 0.3 is 0 Å². The van der Waals surface area contributed by atoms with Gasteiger partial charge in [0.1, 0.15) is 0 Å². The fourth-order valence-electron chi connectivity index (χ4n) is 4.06. The van der Waals surface area contributed by atoms with Crippen molar-refractivity contribution in [3.8, 4) is 0 Å². The maximum atomic E-state index is 3.98. The summed E-state index contributed by atoms with van der Waals surface area (Å²) in [5.41, 5.74) is 5.12. The van der Waals surface area contributed by atoms with Crippen molar-refractivity contribution < 1.29 is 0 Å². The van der Waals surface area contributed by atoms with Crippen LogP contribution in [0.2, 0.25) is 0 Å². The highest BCUT2D eigenvalue weighted by atomic mass is 14.4. The molecule has 0 fully saturated rings. The van der Waals surface area contributed by atoms with Gasteiger partial charge in [-0.25, -0.2) is 0 Å². The zero-order valence-corrected chi connectivity index (χ0v) is 12.2. The lowest BCUT2D eigenvalue weighted by molar-refractivity contribution is 0.295. The molecule has 0 N–H and O–H groups in total. The molecule has 19 heavy (non-hydrogen) atoms. The van der Waals surface area contributed by atoms with Gasteiger partial charge in [0.15, 0.2) is 0 Å². The third-order valence-electron chi connectivity index (χ3n) is 5.15. The molecule has 3 atom stereocenters. The van der Waals surface area contributed by atoms with E-state index in [4.69, 9.17) is 0 Å². The van der Waals surface area contributed by atoms with Crippen molar-refractivity contribution in [2.24, 2.45) is 17.3 Å². The Morgan fingerprint density at radius 2 is 2.26 bits per heavy atom. The Bertz CT molecular complexity index is 512. The molecule has 0 aromatic carbocycles. The summed E-state index contributed by atoms with van der Waals surface area (Å²) in [5.74, 6) is 1.25. The van der Waals surface area contributed by atoms with Gasteiger partial charge in [-0.1, -0.05) is 50.3 Å². The van der Waals surface area contributed by atoms with Crippen molar-refractivity contribution >= 4 is 0 Å². The van der Waals surface area contributed by atoms with Crippen LogP contribution in [0.3, 0.4) is 0 Å². The molecule has 0 aliphatic heterocycles. The molecule has 0 nitrogen and oxygen atoms in total. The smallest absolute Gasteiger partial charge is 0.0239 e. The molecule has 0 heteroatoms. The minimum atomic E-state index is 0.315. The van der Waals surface area contributed by atoms with Crippen LogP contribution in [0.15, 0.2) is 59.8 Å². The van der Waals surface area contributed by atoms with Crippen LogP contribution in [-0.4, -0.2) is 0 Å². The van der Waals surface area contributed by atoms with Gasteiger partial charge in [0.2, 0.25) is 0 Å². The van der Waals surface area contributed by atoms with Crippen molar-refractivity contribution in [1.82, 2.24) is 0 Å². The predicted molar refractivity (Wildman–Crippen MR) is 82.8 cm³/mol. The van der Waals surface area contributed by atoms with Gasteiger partial charge in [0, 0.05) is 5.92 Å². The molecule has 3 rings (SSSR count). The number of rotatable bonds is 3. The summed E-state index contributed by atoms with van der Waals surface area (Å²) in [6.45, 7) is 8.81. The maximum Gasteiger partial charge on any atom is 0.0239 e. The van der Waals surface area contributed by atoms with Crippen LogP contribution in [0.1, 0.15) is 39.5 Å². The van der Waals surface area contributed by atoms with E-state index in [-0.39, 0.29) is 0 Å². The minimum absolute atomic E-state index is 0.315. The van der Waals surface area contributed by atoms with Crippen LogP contribution in [0.5, 0.6) is 0 Å².